The summed E-state index contributed by atoms with van der Waals surface area (Å²) in [7, 11) is 0. The van der Waals surface area contributed by atoms with Crippen molar-refractivity contribution in [3.63, 3.8) is 0 Å². The molecule has 210 valence electrons. The van der Waals surface area contributed by atoms with Crippen LogP contribution in [0.3, 0.4) is 0 Å². The lowest BCUT2D eigenvalue weighted by Gasteiger charge is -2.13. The van der Waals surface area contributed by atoms with Crippen LogP contribution in [0.15, 0.2) is 164 Å². The molecule has 0 bridgehead atoms. The van der Waals surface area contributed by atoms with Crippen LogP contribution in [-0.2, 0) is 0 Å². The summed E-state index contributed by atoms with van der Waals surface area (Å²) in [5, 5.41) is 7.60. The number of hydrogen-bond donors (Lipinski definition) is 0. The van der Waals surface area contributed by atoms with Crippen LogP contribution in [0.1, 0.15) is 0 Å². The van der Waals surface area contributed by atoms with Gasteiger partial charge in [-0.15, -0.1) is 0 Å². The fraction of sp³-hybridized carbons (Fsp3) is 0. The number of aromatic nitrogens is 3. The van der Waals surface area contributed by atoms with Crippen molar-refractivity contribution in [2.45, 2.75) is 0 Å². The van der Waals surface area contributed by atoms with E-state index in [0.717, 1.165) is 11.4 Å². The Balaban J connectivity index is 1.22. The molecule has 0 aliphatic rings. The van der Waals surface area contributed by atoms with E-state index in [1.54, 1.807) is 0 Å². The smallest absolute Gasteiger partial charge is 0.0562 e. The Morgan fingerprint density at radius 2 is 0.578 bits per heavy atom. The van der Waals surface area contributed by atoms with Gasteiger partial charge in [0.1, 0.15) is 0 Å². The molecule has 45 heavy (non-hydrogen) atoms. The Morgan fingerprint density at radius 1 is 0.244 bits per heavy atom. The molecule has 3 heterocycles. The Bertz CT molecular complexity index is 2650. The fourth-order valence-corrected chi connectivity index (χ4v) is 7.60. The van der Waals surface area contributed by atoms with Gasteiger partial charge < -0.3 is 13.7 Å². The maximum Gasteiger partial charge on any atom is 0.0562 e. The number of rotatable bonds is 3. The number of benzene rings is 7. The molecule has 0 saturated carbocycles. The molecule has 0 N–H and O–H groups in total. The van der Waals surface area contributed by atoms with E-state index in [9.17, 15) is 0 Å². The normalized spacial score (nSPS) is 12.0. The average molecular weight is 574 g/mol. The minimum atomic E-state index is 1.14. The van der Waals surface area contributed by atoms with E-state index in [2.05, 4.69) is 177 Å². The standard InChI is InChI=1S/C42H27N3/c1-6-17-35-30(12-1)31-13-2-7-18-36(31)43(35)28-24-26-29(27-25-28)44-39-21-10-5-16-34(39)42-40(44)22-11-23-41(42)45-37-19-8-3-14-32(37)33-15-4-9-20-38(33)45/h1-27H. The number of nitrogens with zero attached hydrogens (tertiary/aromatic N) is 3. The summed E-state index contributed by atoms with van der Waals surface area (Å²) >= 11 is 0. The molecule has 10 aromatic rings. The van der Waals surface area contributed by atoms with Crippen molar-refractivity contribution in [3.8, 4) is 17.1 Å². The van der Waals surface area contributed by atoms with E-state index in [0.29, 0.717) is 0 Å². The van der Waals surface area contributed by atoms with E-state index >= 15 is 0 Å². The van der Waals surface area contributed by atoms with Gasteiger partial charge in [-0.2, -0.15) is 0 Å². The Morgan fingerprint density at radius 3 is 1.04 bits per heavy atom. The van der Waals surface area contributed by atoms with Gasteiger partial charge in [0.05, 0.1) is 38.8 Å². The molecule has 7 aromatic carbocycles. The van der Waals surface area contributed by atoms with Crippen LogP contribution in [0, 0.1) is 0 Å². The van der Waals surface area contributed by atoms with Crippen LogP contribution in [-0.4, -0.2) is 13.7 Å². The van der Waals surface area contributed by atoms with Crippen molar-refractivity contribution in [2.75, 3.05) is 0 Å². The summed E-state index contributed by atoms with van der Waals surface area (Å²) in [6.45, 7) is 0. The van der Waals surface area contributed by atoms with Crippen LogP contribution in [0.2, 0.25) is 0 Å². The molecule has 3 nitrogen and oxygen atoms in total. The molecule has 3 heteroatoms. The molecule has 0 radical (unpaired) electrons. The summed E-state index contributed by atoms with van der Waals surface area (Å²) in [6, 6.07) is 59.4. The highest BCUT2D eigenvalue weighted by Crippen LogP contribution is 2.40. The van der Waals surface area contributed by atoms with Gasteiger partial charge in [-0.05, 0) is 66.7 Å². The van der Waals surface area contributed by atoms with Gasteiger partial charge in [0.15, 0.2) is 0 Å². The van der Waals surface area contributed by atoms with E-state index in [4.69, 9.17) is 0 Å². The van der Waals surface area contributed by atoms with Crippen LogP contribution < -0.4 is 0 Å². The lowest BCUT2D eigenvalue weighted by Crippen LogP contribution is -1.98. The third-order valence-corrected chi connectivity index (χ3v) is 9.44. The van der Waals surface area contributed by atoms with Gasteiger partial charge in [-0.25, -0.2) is 0 Å². The highest BCUT2D eigenvalue weighted by molar-refractivity contribution is 6.16. The molecule has 0 aliphatic carbocycles. The molecule has 0 saturated heterocycles. The van der Waals surface area contributed by atoms with E-state index in [1.165, 1.54) is 71.1 Å². The predicted octanol–water partition coefficient (Wildman–Crippen LogP) is 11.0. The first kappa shape index (κ1) is 24.4. The Hall–Kier alpha value is -6.06. The number of para-hydroxylation sites is 5. The zero-order chi connectivity index (χ0) is 29.5. The highest BCUT2D eigenvalue weighted by Gasteiger charge is 2.19. The van der Waals surface area contributed by atoms with Crippen LogP contribution >= 0.6 is 0 Å². The minimum absolute atomic E-state index is 1.14. The molecule has 10 rings (SSSR count). The molecule has 0 fully saturated rings. The molecular weight excluding hydrogens is 546 g/mol. The molecule has 0 amide bonds. The van der Waals surface area contributed by atoms with Gasteiger partial charge in [0, 0.05) is 43.7 Å². The zero-order valence-electron chi connectivity index (χ0n) is 24.4. The zero-order valence-corrected chi connectivity index (χ0v) is 24.4. The third-order valence-electron chi connectivity index (χ3n) is 9.44. The second-order valence-corrected chi connectivity index (χ2v) is 11.8. The summed E-state index contributed by atoms with van der Waals surface area (Å²) in [5.41, 5.74) is 10.8. The van der Waals surface area contributed by atoms with Gasteiger partial charge in [-0.1, -0.05) is 97.1 Å². The average Bonchev–Trinajstić information content (AvgIpc) is 3.74. The van der Waals surface area contributed by atoms with Gasteiger partial charge >= 0.3 is 0 Å². The summed E-state index contributed by atoms with van der Waals surface area (Å²) in [5.74, 6) is 0. The molecule has 0 atom stereocenters. The van der Waals surface area contributed by atoms with Crippen molar-refractivity contribution in [1.29, 1.82) is 0 Å². The lowest BCUT2D eigenvalue weighted by atomic mass is 10.1. The minimum Gasteiger partial charge on any atom is -0.309 e. The summed E-state index contributed by atoms with van der Waals surface area (Å²) in [4.78, 5) is 0. The van der Waals surface area contributed by atoms with E-state index in [1.807, 2.05) is 0 Å². The quantitative estimate of drug-likeness (QED) is 0.200. The first-order chi connectivity index (χ1) is 22.4. The molecular formula is C42H27N3. The fourth-order valence-electron chi connectivity index (χ4n) is 7.60. The first-order valence-electron chi connectivity index (χ1n) is 15.5. The molecule has 0 unspecified atom stereocenters. The monoisotopic (exact) mass is 573 g/mol. The van der Waals surface area contributed by atoms with Crippen molar-refractivity contribution in [1.82, 2.24) is 13.7 Å². The second-order valence-electron chi connectivity index (χ2n) is 11.8. The molecule has 3 aromatic heterocycles. The van der Waals surface area contributed by atoms with Crippen LogP contribution in [0.5, 0.6) is 0 Å². The summed E-state index contributed by atoms with van der Waals surface area (Å²) in [6.07, 6.45) is 0. The number of fused-ring (bicyclic) bond motifs is 9. The topological polar surface area (TPSA) is 14.8 Å². The van der Waals surface area contributed by atoms with Gasteiger partial charge in [0.25, 0.3) is 0 Å². The first-order valence-corrected chi connectivity index (χ1v) is 15.5. The number of hydrogen-bond acceptors (Lipinski definition) is 0. The largest absolute Gasteiger partial charge is 0.309 e. The Labute approximate surface area is 259 Å². The third kappa shape index (κ3) is 3.35. The van der Waals surface area contributed by atoms with Crippen molar-refractivity contribution < 1.29 is 0 Å². The maximum absolute atomic E-state index is 2.44. The van der Waals surface area contributed by atoms with E-state index < -0.39 is 0 Å². The second kappa shape index (κ2) is 9.22. The lowest BCUT2D eigenvalue weighted by molar-refractivity contribution is 1.14. The maximum atomic E-state index is 2.44. The van der Waals surface area contributed by atoms with E-state index in [-0.39, 0.29) is 0 Å². The van der Waals surface area contributed by atoms with Crippen LogP contribution in [0.4, 0.5) is 0 Å². The van der Waals surface area contributed by atoms with Crippen molar-refractivity contribution in [3.05, 3.63) is 164 Å². The molecule has 0 spiro atoms. The van der Waals surface area contributed by atoms with Gasteiger partial charge in [-0.3, -0.25) is 0 Å². The van der Waals surface area contributed by atoms with Crippen LogP contribution in [0.25, 0.3) is 82.5 Å². The summed E-state index contributed by atoms with van der Waals surface area (Å²) < 4.78 is 7.23. The SMILES string of the molecule is c1ccc2c(c1)c1ccccc1n2-c1ccc(-n2c3ccccc3c3c(-n4c5ccccc5c5ccccc54)cccc32)cc1. The highest BCUT2D eigenvalue weighted by atomic mass is 15.0. The molecule has 0 aliphatic heterocycles. The Kier molecular flexibility index (Phi) is 5.00. The van der Waals surface area contributed by atoms with Gasteiger partial charge in [0.2, 0.25) is 0 Å². The predicted molar refractivity (Wildman–Crippen MR) is 189 cm³/mol. The van der Waals surface area contributed by atoms with Crippen molar-refractivity contribution in [2.24, 2.45) is 0 Å². The van der Waals surface area contributed by atoms with Crippen molar-refractivity contribution >= 4 is 65.4 Å².